The van der Waals surface area contributed by atoms with Crippen LogP contribution in [0.2, 0.25) is 0 Å². The fourth-order valence-corrected chi connectivity index (χ4v) is 9.59. The van der Waals surface area contributed by atoms with Crippen molar-refractivity contribution in [3.05, 3.63) is 34.4 Å². The minimum absolute atomic E-state index is 0.219. The lowest BCUT2D eigenvalue weighted by Gasteiger charge is -2.61. The topological polar surface area (TPSA) is 30.2 Å². The molecule has 0 N–H and O–H groups in total. The molecule has 0 aromatic carbocycles. The van der Waals surface area contributed by atoms with Gasteiger partial charge in [0.2, 0.25) is 0 Å². The fraction of sp³-hybridized carbons (Fsp3) is 0.800. The van der Waals surface area contributed by atoms with Crippen LogP contribution in [0.3, 0.4) is 0 Å². The molecule has 2 heteroatoms. The van der Waals surface area contributed by atoms with Gasteiger partial charge in [0.15, 0.2) is 0 Å². The van der Waals surface area contributed by atoms with E-state index in [-0.39, 0.29) is 5.63 Å². The molecule has 0 amide bonds. The lowest BCUT2D eigenvalue weighted by molar-refractivity contribution is -0.117. The molecule has 5 saturated carbocycles. The van der Waals surface area contributed by atoms with Crippen LogP contribution in [0, 0.1) is 39.9 Å². The van der Waals surface area contributed by atoms with Gasteiger partial charge in [-0.1, -0.05) is 20.3 Å². The lowest BCUT2D eigenvalue weighted by atomic mass is 9.44. The summed E-state index contributed by atoms with van der Waals surface area (Å²) in [4.78, 5) is 11.4. The first kappa shape index (κ1) is 16.9. The highest BCUT2D eigenvalue weighted by Crippen LogP contribution is 2.80. The molecule has 146 valence electrons. The van der Waals surface area contributed by atoms with E-state index in [1.54, 1.807) is 18.8 Å². The van der Waals surface area contributed by atoms with Gasteiger partial charge in [-0.3, -0.25) is 0 Å². The molecule has 0 saturated heterocycles. The van der Waals surface area contributed by atoms with Crippen LogP contribution >= 0.6 is 0 Å². The van der Waals surface area contributed by atoms with Crippen LogP contribution in [0.1, 0.15) is 89.5 Å². The molecule has 2 unspecified atom stereocenters. The van der Waals surface area contributed by atoms with E-state index < -0.39 is 0 Å². The Kier molecular flexibility index (Phi) is 3.31. The summed E-state index contributed by atoms with van der Waals surface area (Å²) in [5.74, 6) is 4.45. The van der Waals surface area contributed by atoms with Crippen molar-refractivity contribution >= 4 is 0 Å². The molecular weight excluding hydrogens is 332 g/mol. The Morgan fingerprint density at radius 1 is 0.963 bits per heavy atom. The van der Waals surface area contributed by atoms with Crippen LogP contribution in [0.5, 0.6) is 0 Å². The van der Waals surface area contributed by atoms with Crippen molar-refractivity contribution in [2.24, 2.45) is 39.9 Å². The Bertz CT molecular complexity index is 805. The molecule has 0 radical (unpaired) electrons. The second-order valence-electron chi connectivity index (χ2n) is 11.3. The van der Waals surface area contributed by atoms with Gasteiger partial charge in [-0.2, -0.15) is 0 Å². The summed E-state index contributed by atoms with van der Waals surface area (Å²) in [6, 6.07) is 3.67. The summed E-state index contributed by atoms with van der Waals surface area (Å²) in [5.41, 5.74) is 2.85. The minimum Gasteiger partial charge on any atom is -0.431 e. The number of rotatable bonds is 1. The van der Waals surface area contributed by atoms with Crippen LogP contribution < -0.4 is 5.63 Å². The molecule has 8 atom stereocenters. The van der Waals surface area contributed by atoms with Gasteiger partial charge in [0.1, 0.15) is 0 Å². The average Bonchev–Trinajstić information content (AvgIpc) is 3.28. The summed E-state index contributed by atoms with van der Waals surface area (Å²) in [5, 5.41) is 0. The maximum atomic E-state index is 11.4. The van der Waals surface area contributed by atoms with Gasteiger partial charge in [-0.25, -0.2) is 4.79 Å². The fourth-order valence-electron chi connectivity index (χ4n) is 9.59. The Labute approximate surface area is 163 Å². The third-order valence-electron chi connectivity index (χ3n) is 10.9. The normalized spacial score (nSPS) is 53.0. The van der Waals surface area contributed by atoms with Gasteiger partial charge in [0.05, 0.1) is 6.26 Å². The SMILES string of the molecule is C[C@]12CC[C@H]3[C@@H](CCC45CC4CCC[C@]35C)[C@H]1CC[C@@H]2c1ccc(=O)oc1. The van der Waals surface area contributed by atoms with Gasteiger partial charge in [-0.05, 0) is 115 Å². The largest absolute Gasteiger partial charge is 0.431 e. The van der Waals surface area contributed by atoms with Gasteiger partial charge in [0, 0.05) is 6.07 Å². The van der Waals surface area contributed by atoms with Crippen LogP contribution in [0.25, 0.3) is 0 Å². The third-order valence-corrected chi connectivity index (χ3v) is 10.9. The summed E-state index contributed by atoms with van der Waals surface area (Å²) in [7, 11) is 0. The van der Waals surface area contributed by atoms with E-state index in [1.807, 2.05) is 6.07 Å². The van der Waals surface area contributed by atoms with E-state index in [0.717, 1.165) is 29.1 Å². The standard InChI is InChI=1S/C25H34O2/c1-23-12-10-21-18(9-13-25-14-17(25)4-3-11-24(21,25)2)20(23)7-6-19(23)16-5-8-22(26)27-15-16/h5,8,15,17-21H,3-4,6-7,9-14H2,1-2H3/t17?,18-,19+,20+,21-,23+,24+,25?/m0/s1. The molecule has 1 heterocycles. The number of fused-ring (bicyclic) bond motifs is 4. The third kappa shape index (κ3) is 2.01. The second-order valence-corrected chi connectivity index (χ2v) is 11.3. The Morgan fingerprint density at radius 3 is 2.67 bits per heavy atom. The van der Waals surface area contributed by atoms with E-state index in [2.05, 4.69) is 13.8 Å². The van der Waals surface area contributed by atoms with Crippen LogP contribution in [0.4, 0.5) is 0 Å². The molecule has 0 aliphatic heterocycles. The van der Waals surface area contributed by atoms with E-state index in [9.17, 15) is 4.79 Å². The molecule has 27 heavy (non-hydrogen) atoms. The highest BCUT2D eigenvalue weighted by molar-refractivity contribution is 5.25. The Hall–Kier alpha value is -1.05. The van der Waals surface area contributed by atoms with E-state index in [4.69, 9.17) is 4.42 Å². The van der Waals surface area contributed by atoms with Crippen molar-refractivity contribution in [3.8, 4) is 0 Å². The molecule has 5 fully saturated rings. The molecule has 1 aromatic rings. The van der Waals surface area contributed by atoms with Crippen molar-refractivity contribution in [2.75, 3.05) is 0 Å². The monoisotopic (exact) mass is 366 g/mol. The quantitative estimate of drug-likeness (QED) is 0.596. The average molecular weight is 367 g/mol. The van der Waals surface area contributed by atoms with E-state index in [1.165, 1.54) is 63.4 Å². The van der Waals surface area contributed by atoms with Gasteiger partial charge < -0.3 is 4.42 Å². The Balaban J connectivity index is 1.33. The second kappa shape index (κ2) is 5.30. The smallest absolute Gasteiger partial charge is 0.335 e. The van der Waals surface area contributed by atoms with Crippen molar-refractivity contribution in [3.63, 3.8) is 0 Å². The van der Waals surface area contributed by atoms with Crippen LogP contribution in [-0.4, -0.2) is 0 Å². The van der Waals surface area contributed by atoms with Crippen molar-refractivity contribution in [2.45, 2.75) is 84.0 Å². The summed E-state index contributed by atoms with van der Waals surface area (Å²) in [6.07, 6.45) is 16.3. The molecule has 0 bridgehead atoms. The highest BCUT2D eigenvalue weighted by atomic mass is 16.4. The molecule has 1 spiro atoms. The molecule has 5 aliphatic carbocycles. The molecule has 5 aliphatic rings. The van der Waals surface area contributed by atoms with Crippen molar-refractivity contribution in [1.82, 2.24) is 0 Å². The zero-order valence-corrected chi connectivity index (χ0v) is 17.0. The predicted octanol–water partition coefficient (Wildman–Crippen LogP) is 6.16. The van der Waals surface area contributed by atoms with Gasteiger partial charge >= 0.3 is 5.63 Å². The first-order chi connectivity index (χ1) is 13.0. The summed E-state index contributed by atoms with van der Waals surface area (Å²) >= 11 is 0. The van der Waals surface area contributed by atoms with Gasteiger partial charge in [-0.15, -0.1) is 0 Å². The molecule has 1 aromatic heterocycles. The van der Waals surface area contributed by atoms with Gasteiger partial charge in [0.25, 0.3) is 0 Å². The minimum atomic E-state index is -0.219. The first-order valence-electron chi connectivity index (χ1n) is 11.6. The van der Waals surface area contributed by atoms with E-state index >= 15 is 0 Å². The van der Waals surface area contributed by atoms with Crippen molar-refractivity contribution < 1.29 is 4.42 Å². The van der Waals surface area contributed by atoms with Crippen LogP contribution in [-0.2, 0) is 0 Å². The molecule has 2 nitrogen and oxygen atoms in total. The van der Waals surface area contributed by atoms with Crippen LogP contribution in [0.15, 0.2) is 27.6 Å². The first-order valence-corrected chi connectivity index (χ1v) is 11.6. The number of hydrogen-bond acceptors (Lipinski definition) is 2. The highest BCUT2D eigenvalue weighted by Gasteiger charge is 2.71. The summed E-state index contributed by atoms with van der Waals surface area (Å²) in [6.45, 7) is 5.29. The van der Waals surface area contributed by atoms with Crippen molar-refractivity contribution in [1.29, 1.82) is 0 Å². The molecule has 6 rings (SSSR count). The lowest BCUT2D eigenvalue weighted by Crippen LogP contribution is -2.53. The molecular formula is C25H34O2. The maximum absolute atomic E-state index is 11.4. The zero-order chi connectivity index (χ0) is 18.4. The zero-order valence-electron chi connectivity index (χ0n) is 17.0. The predicted molar refractivity (Wildman–Crippen MR) is 106 cm³/mol. The van der Waals surface area contributed by atoms with E-state index in [0.29, 0.717) is 16.7 Å². The maximum Gasteiger partial charge on any atom is 0.335 e. The summed E-state index contributed by atoms with van der Waals surface area (Å²) < 4.78 is 5.25. The Morgan fingerprint density at radius 2 is 1.85 bits per heavy atom. The number of hydrogen-bond donors (Lipinski definition) is 0.